The predicted octanol–water partition coefficient (Wildman–Crippen LogP) is 3.24. The first-order chi connectivity index (χ1) is 7.03. The Balaban J connectivity index is 2.63. The standard InChI is InChI=1S/C11H9FN2S/c1-11(2,6-13)10-14-8-4-3-7(12)5-9(8)15-10/h3-5H,1-2H3. The van der Waals surface area contributed by atoms with E-state index in [0.717, 1.165) is 15.2 Å². The molecule has 1 heterocycles. The average Bonchev–Trinajstić information content (AvgIpc) is 2.61. The summed E-state index contributed by atoms with van der Waals surface area (Å²) in [4.78, 5) is 4.33. The van der Waals surface area contributed by atoms with E-state index < -0.39 is 5.41 Å². The van der Waals surface area contributed by atoms with Gasteiger partial charge in [-0.05, 0) is 32.0 Å². The van der Waals surface area contributed by atoms with Crippen LogP contribution in [0.25, 0.3) is 10.2 Å². The highest BCUT2D eigenvalue weighted by Gasteiger charge is 2.24. The molecule has 1 aromatic carbocycles. The van der Waals surface area contributed by atoms with Gasteiger partial charge in [0.2, 0.25) is 0 Å². The topological polar surface area (TPSA) is 36.7 Å². The molecule has 0 aliphatic rings. The number of hydrogen-bond acceptors (Lipinski definition) is 3. The maximum atomic E-state index is 12.9. The smallest absolute Gasteiger partial charge is 0.124 e. The highest BCUT2D eigenvalue weighted by molar-refractivity contribution is 7.18. The molecule has 0 N–H and O–H groups in total. The van der Waals surface area contributed by atoms with Crippen LogP contribution in [0.4, 0.5) is 4.39 Å². The maximum Gasteiger partial charge on any atom is 0.124 e. The molecule has 0 radical (unpaired) electrons. The minimum absolute atomic E-state index is 0.271. The lowest BCUT2D eigenvalue weighted by Crippen LogP contribution is -2.12. The van der Waals surface area contributed by atoms with Gasteiger partial charge in [-0.25, -0.2) is 9.37 Å². The molecular formula is C11H9FN2S. The number of thiazole rings is 1. The van der Waals surface area contributed by atoms with Gasteiger partial charge in [-0.2, -0.15) is 5.26 Å². The summed E-state index contributed by atoms with van der Waals surface area (Å²) in [6, 6.07) is 6.65. The van der Waals surface area contributed by atoms with Crippen molar-refractivity contribution >= 4 is 21.6 Å². The molecule has 0 aliphatic carbocycles. The second kappa shape index (κ2) is 3.28. The van der Waals surface area contributed by atoms with Crippen LogP contribution in [0.5, 0.6) is 0 Å². The van der Waals surface area contributed by atoms with Crippen LogP contribution in [-0.2, 0) is 5.41 Å². The molecule has 0 spiro atoms. The van der Waals surface area contributed by atoms with Gasteiger partial charge in [0.1, 0.15) is 16.2 Å². The monoisotopic (exact) mass is 220 g/mol. The van der Waals surface area contributed by atoms with E-state index in [2.05, 4.69) is 11.1 Å². The quantitative estimate of drug-likeness (QED) is 0.739. The Bertz CT molecular complexity index is 551. The highest BCUT2D eigenvalue weighted by atomic mass is 32.1. The minimum atomic E-state index is -0.611. The molecule has 0 aliphatic heterocycles. The summed E-state index contributed by atoms with van der Waals surface area (Å²) in [5, 5.41) is 9.70. The van der Waals surface area contributed by atoms with Gasteiger partial charge >= 0.3 is 0 Å². The van der Waals surface area contributed by atoms with Gasteiger partial charge in [0.15, 0.2) is 0 Å². The summed E-state index contributed by atoms with van der Waals surface area (Å²) in [6.07, 6.45) is 0. The molecule has 76 valence electrons. The summed E-state index contributed by atoms with van der Waals surface area (Å²) < 4.78 is 13.7. The van der Waals surface area contributed by atoms with Crippen molar-refractivity contribution in [1.29, 1.82) is 5.26 Å². The van der Waals surface area contributed by atoms with E-state index in [-0.39, 0.29) is 5.82 Å². The molecule has 2 aromatic rings. The van der Waals surface area contributed by atoms with Gasteiger partial charge in [-0.1, -0.05) is 0 Å². The summed E-state index contributed by atoms with van der Waals surface area (Å²) >= 11 is 1.37. The van der Waals surface area contributed by atoms with Gasteiger partial charge in [-0.15, -0.1) is 11.3 Å². The zero-order valence-electron chi connectivity index (χ0n) is 8.41. The summed E-state index contributed by atoms with van der Waals surface area (Å²) in [5.74, 6) is -0.271. The molecule has 15 heavy (non-hydrogen) atoms. The third-order valence-electron chi connectivity index (χ3n) is 2.16. The van der Waals surface area contributed by atoms with Crippen LogP contribution < -0.4 is 0 Å². The molecule has 0 amide bonds. The molecule has 4 heteroatoms. The van der Waals surface area contributed by atoms with E-state index in [1.165, 1.54) is 23.5 Å². The van der Waals surface area contributed by atoms with Crippen LogP contribution in [0.1, 0.15) is 18.9 Å². The van der Waals surface area contributed by atoms with Gasteiger partial charge < -0.3 is 0 Å². The number of nitriles is 1. The Morgan fingerprint density at radius 1 is 1.47 bits per heavy atom. The normalized spacial score (nSPS) is 11.6. The lowest BCUT2D eigenvalue weighted by Gasteiger charge is -2.09. The molecule has 0 saturated carbocycles. The van der Waals surface area contributed by atoms with Crippen molar-refractivity contribution < 1.29 is 4.39 Å². The number of aromatic nitrogens is 1. The number of fused-ring (bicyclic) bond motifs is 1. The Morgan fingerprint density at radius 2 is 2.20 bits per heavy atom. The molecule has 1 aromatic heterocycles. The van der Waals surface area contributed by atoms with Crippen LogP contribution in [-0.4, -0.2) is 4.98 Å². The number of halogens is 1. The predicted molar refractivity (Wildman–Crippen MR) is 58.2 cm³/mol. The molecule has 2 rings (SSSR count). The maximum absolute atomic E-state index is 12.9. The van der Waals surface area contributed by atoms with E-state index in [0.29, 0.717) is 0 Å². The fourth-order valence-electron chi connectivity index (χ4n) is 1.21. The van der Waals surface area contributed by atoms with Crippen LogP contribution in [0.15, 0.2) is 18.2 Å². The first-order valence-corrected chi connectivity index (χ1v) is 5.32. The van der Waals surface area contributed by atoms with Crippen LogP contribution >= 0.6 is 11.3 Å². The zero-order chi connectivity index (χ0) is 11.1. The Labute approximate surface area is 91.0 Å². The van der Waals surface area contributed by atoms with E-state index >= 15 is 0 Å². The third kappa shape index (κ3) is 1.71. The van der Waals surface area contributed by atoms with E-state index in [1.54, 1.807) is 19.9 Å². The molecule has 0 bridgehead atoms. The molecular weight excluding hydrogens is 211 g/mol. The first-order valence-electron chi connectivity index (χ1n) is 4.51. The summed E-state index contributed by atoms with van der Waals surface area (Å²) in [5.41, 5.74) is 0.139. The van der Waals surface area contributed by atoms with Gasteiger partial charge in [-0.3, -0.25) is 0 Å². The van der Waals surface area contributed by atoms with Crippen molar-refractivity contribution in [3.05, 3.63) is 29.0 Å². The molecule has 2 nitrogen and oxygen atoms in total. The number of hydrogen-bond donors (Lipinski definition) is 0. The van der Waals surface area contributed by atoms with Crippen molar-refractivity contribution in [3.8, 4) is 6.07 Å². The Hall–Kier alpha value is -1.47. The lowest BCUT2D eigenvalue weighted by molar-refractivity contribution is 0.630. The largest absolute Gasteiger partial charge is 0.239 e. The summed E-state index contributed by atoms with van der Waals surface area (Å²) in [6.45, 7) is 3.61. The van der Waals surface area contributed by atoms with Crippen molar-refractivity contribution in [2.24, 2.45) is 0 Å². The van der Waals surface area contributed by atoms with E-state index in [4.69, 9.17) is 5.26 Å². The van der Waals surface area contributed by atoms with Crippen molar-refractivity contribution in [3.63, 3.8) is 0 Å². The van der Waals surface area contributed by atoms with Crippen molar-refractivity contribution in [1.82, 2.24) is 4.98 Å². The SMILES string of the molecule is CC(C)(C#N)c1nc2ccc(F)cc2s1. The fraction of sp³-hybridized carbons (Fsp3) is 0.273. The van der Waals surface area contributed by atoms with Gasteiger partial charge in [0.05, 0.1) is 16.3 Å². The van der Waals surface area contributed by atoms with E-state index in [1.807, 2.05) is 0 Å². The number of nitrogens with zero attached hydrogens (tertiary/aromatic N) is 2. The molecule has 0 fully saturated rings. The number of rotatable bonds is 1. The van der Waals surface area contributed by atoms with Crippen molar-refractivity contribution in [2.75, 3.05) is 0 Å². The van der Waals surface area contributed by atoms with Crippen LogP contribution in [0.2, 0.25) is 0 Å². The van der Waals surface area contributed by atoms with E-state index in [9.17, 15) is 4.39 Å². The fourth-order valence-corrected chi connectivity index (χ4v) is 2.26. The van der Waals surface area contributed by atoms with Crippen molar-refractivity contribution in [2.45, 2.75) is 19.3 Å². The second-order valence-corrected chi connectivity index (χ2v) is 4.90. The zero-order valence-corrected chi connectivity index (χ0v) is 9.23. The minimum Gasteiger partial charge on any atom is -0.239 e. The Kier molecular flexibility index (Phi) is 2.20. The highest BCUT2D eigenvalue weighted by Crippen LogP contribution is 2.31. The number of benzene rings is 1. The Morgan fingerprint density at radius 3 is 2.87 bits per heavy atom. The molecule has 0 saturated heterocycles. The van der Waals surface area contributed by atoms with Gasteiger partial charge in [0.25, 0.3) is 0 Å². The third-order valence-corrected chi connectivity index (χ3v) is 3.51. The van der Waals surface area contributed by atoms with Crippen LogP contribution in [0, 0.1) is 17.1 Å². The first kappa shape index (κ1) is 10.1. The summed E-state index contributed by atoms with van der Waals surface area (Å²) in [7, 11) is 0. The van der Waals surface area contributed by atoms with Gasteiger partial charge in [0, 0.05) is 0 Å². The lowest BCUT2D eigenvalue weighted by atomic mass is 9.97. The molecule has 0 unspecified atom stereocenters. The average molecular weight is 220 g/mol. The molecule has 0 atom stereocenters. The second-order valence-electron chi connectivity index (χ2n) is 3.87. The van der Waals surface area contributed by atoms with Crippen LogP contribution in [0.3, 0.4) is 0 Å².